The number of carbonyl (C=O) groups excluding carboxylic acids is 1. The molecule has 3 aromatic carbocycles. The van der Waals surface area contributed by atoms with Crippen molar-refractivity contribution in [1.29, 1.82) is 5.26 Å². The highest BCUT2D eigenvalue weighted by atomic mass is 35.5. The SMILES string of the molecule is COc1ccc(NC(=O)c2cccc(C#N)c2)cc1S(=O)(=O)Nc1ccccc1Cl. The predicted molar refractivity (Wildman–Crippen MR) is 114 cm³/mol. The summed E-state index contributed by atoms with van der Waals surface area (Å²) in [5, 5.41) is 11.8. The summed E-state index contributed by atoms with van der Waals surface area (Å²) in [5.41, 5.74) is 1.06. The van der Waals surface area contributed by atoms with E-state index >= 15 is 0 Å². The van der Waals surface area contributed by atoms with Crippen LogP contribution >= 0.6 is 11.6 Å². The average Bonchev–Trinajstić information content (AvgIpc) is 2.75. The number of nitrogens with one attached hydrogen (secondary N) is 2. The Labute approximate surface area is 178 Å². The lowest BCUT2D eigenvalue weighted by Crippen LogP contribution is -2.16. The quantitative estimate of drug-likeness (QED) is 0.593. The van der Waals surface area contributed by atoms with Crippen molar-refractivity contribution in [3.05, 3.63) is 82.9 Å². The molecule has 0 aliphatic heterocycles. The molecule has 30 heavy (non-hydrogen) atoms. The van der Waals surface area contributed by atoms with E-state index in [0.717, 1.165) is 0 Å². The molecule has 2 N–H and O–H groups in total. The first kappa shape index (κ1) is 21.2. The Morgan fingerprint density at radius 1 is 1.07 bits per heavy atom. The molecule has 3 aromatic rings. The van der Waals surface area contributed by atoms with Crippen molar-refractivity contribution in [1.82, 2.24) is 0 Å². The van der Waals surface area contributed by atoms with Gasteiger partial charge in [-0.15, -0.1) is 0 Å². The van der Waals surface area contributed by atoms with Gasteiger partial charge >= 0.3 is 0 Å². The van der Waals surface area contributed by atoms with Crippen molar-refractivity contribution in [2.45, 2.75) is 4.90 Å². The van der Waals surface area contributed by atoms with Gasteiger partial charge < -0.3 is 10.1 Å². The van der Waals surface area contributed by atoms with E-state index < -0.39 is 15.9 Å². The van der Waals surface area contributed by atoms with E-state index in [-0.39, 0.29) is 32.6 Å². The van der Waals surface area contributed by atoms with Crippen LogP contribution in [0.4, 0.5) is 11.4 Å². The summed E-state index contributed by atoms with van der Waals surface area (Å²) >= 11 is 6.05. The van der Waals surface area contributed by atoms with Crippen LogP contribution in [-0.4, -0.2) is 21.4 Å². The highest BCUT2D eigenvalue weighted by molar-refractivity contribution is 7.92. The van der Waals surface area contributed by atoms with Gasteiger partial charge in [0.05, 0.1) is 29.5 Å². The maximum Gasteiger partial charge on any atom is 0.265 e. The number of ether oxygens (including phenoxy) is 1. The van der Waals surface area contributed by atoms with Gasteiger partial charge in [0.1, 0.15) is 10.6 Å². The number of halogens is 1. The van der Waals surface area contributed by atoms with Gasteiger partial charge in [0.15, 0.2) is 0 Å². The number of methoxy groups -OCH3 is 1. The number of nitriles is 1. The van der Waals surface area contributed by atoms with E-state index in [1.165, 1.54) is 37.4 Å². The molecule has 0 fully saturated rings. The predicted octanol–water partition coefficient (Wildman–Crippen LogP) is 4.27. The Bertz CT molecular complexity index is 1250. The first-order valence-corrected chi connectivity index (χ1v) is 10.5. The fourth-order valence-corrected chi connectivity index (χ4v) is 4.16. The summed E-state index contributed by atoms with van der Waals surface area (Å²) in [5.74, 6) is -0.390. The van der Waals surface area contributed by atoms with Crippen molar-refractivity contribution in [2.75, 3.05) is 17.1 Å². The van der Waals surface area contributed by atoms with Gasteiger partial charge in [0.2, 0.25) is 0 Å². The topological polar surface area (TPSA) is 108 Å². The van der Waals surface area contributed by atoms with Gasteiger partial charge in [-0.05, 0) is 48.5 Å². The molecule has 0 heterocycles. The van der Waals surface area contributed by atoms with Gasteiger partial charge in [0.25, 0.3) is 15.9 Å². The van der Waals surface area contributed by atoms with Crippen LogP contribution in [0.2, 0.25) is 5.02 Å². The number of sulfonamides is 1. The van der Waals surface area contributed by atoms with Crippen molar-refractivity contribution in [2.24, 2.45) is 0 Å². The minimum atomic E-state index is -4.07. The molecule has 0 saturated carbocycles. The molecule has 3 rings (SSSR count). The summed E-state index contributed by atoms with van der Waals surface area (Å²) in [4.78, 5) is 12.3. The number of anilines is 2. The van der Waals surface area contributed by atoms with Crippen LogP contribution in [0.25, 0.3) is 0 Å². The summed E-state index contributed by atoms with van der Waals surface area (Å²) in [7, 11) is -2.72. The molecular formula is C21H16ClN3O4S. The standard InChI is InChI=1S/C21H16ClN3O4S/c1-29-19-10-9-16(24-21(26)15-6-4-5-14(11-15)13-23)12-20(19)30(27,28)25-18-8-3-2-7-17(18)22/h2-12,25H,1H3,(H,24,26). The number of rotatable bonds is 6. The van der Waals surface area contributed by atoms with Crippen LogP contribution in [0.1, 0.15) is 15.9 Å². The normalized spacial score (nSPS) is 10.7. The smallest absolute Gasteiger partial charge is 0.265 e. The lowest BCUT2D eigenvalue weighted by atomic mass is 10.1. The molecule has 0 aliphatic carbocycles. The van der Waals surface area contributed by atoms with Gasteiger partial charge in [-0.25, -0.2) is 8.42 Å². The zero-order valence-corrected chi connectivity index (χ0v) is 17.3. The van der Waals surface area contributed by atoms with Gasteiger partial charge in [-0.3, -0.25) is 9.52 Å². The largest absolute Gasteiger partial charge is 0.495 e. The number of amides is 1. The number of hydrogen-bond donors (Lipinski definition) is 2. The Hall–Kier alpha value is -3.54. The molecule has 1 amide bonds. The van der Waals surface area contributed by atoms with Crippen molar-refractivity contribution < 1.29 is 17.9 Å². The average molecular weight is 442 g/mol. The molecule has 9 heteroatoms. The summed E-state index contributed by atoms with van der Waals surface area (Å²) in [6.07, 6.45) is 0. The zero-order chi connectivity index (χ0) is 21.7. The number of para-hydroxylation sites is 1. The van der Waals surface area contributed by atoms with Crippen LogP contribution < -0.4 is 14.8 Å². The molecule has 0 saturated heterocycles. The van der Waals surface area contributed by atoms with E-state index in [1.54, 1.807) is 36.4 Å². The molecular weight excluding hydrogens is 426 g/mol. The monoisotopic (exact) mass is 441 g/mol. The molecule has 0 atom stereocenters. The second-order valence-electron chi connectivity index (χ2n) is 6.10. The third-order valence-corrected chi connectivity index (χ3v) is 5.80. The number of carbonyl (C=O) groups is 1. The van der Waals surface area contributed by atoms with Crippen molar-refractivity contribution in [3.8, 4) is 11.8 Å². The maximum absolute atomic E-state index is 12.9. The van der Waals surface area contributed by atoms with Crippen molar-refractivity contribution in [3.63, 3.8) is 0 Å². The van der Waals surface area contributed by atoms with E-state index in [9.17, 15) is 13.2 Å². The first-order valence-electron chi connectivity index (χ1n) is 8.61. The van der Waals surface area contributed by atoms with E-state index in [2.05, 4.69) is 10.0 Å². The fraction of sp³-hybridized carbons (Fsp3) is 0.0476. The lowest BCUT2D eigenvalue weighted by Gasteiger charge is -2.14. The highest BCUT2D eigenvalue weighted by Gasteiger charge is 2.22. The second-order valence-corrected chi connectivity index (χ2v) is 8.16. The molecule has 0 aromatic heterocycles. The molecule has 0 unspecified atom stereocenters. The van der Waals surface area contributed by atoms with E-state index in [1.807, 2.05) is 6.07 Å². The Morgan fingerprint density at radius 2 is 1.83 bits per heavy atom. The third-order valence-electron chi connectivity index (χ3n) is 4.08. The van der Waals surface area contributed by atoms with Gasteiger partial charge in [-0.1, -0.05) is 29.8 Å². The number of nitrogens with zero attached hydrogens (tertiary/aromatic N) is 1. The van der Waals surface area contributed by atoms with Crippen LogP contribution in [0.3, 0.4) is 0 Å². The van der Waals surface area contributed by atoms with Crippen molar-refractivity contribution >= 4 is 38.9 Å². The molecule has 0 bridgehead atoms. The first-order chi connectivity index (χ1) is 14.3. The molecule has 7 nitrogen and oxygen atoms in total. The molecule has 0 aliphatic rings. The lowest BCUT2D eigenvalue weighted by molar-refractivity contribution is 0.102. The molecule has 0 radical (unpaired) electrons. The summed E-state index contributed by atoms with van der Waals surface area (Å²) in [6.45, 7) is 0. The van der Waals surface area contributed by atoms with Gasteiger partial charge in [-0.2, -0.15) is 5.26 Å². The molecule has 152 valence electrons. The van der Waals surface area contributed by atoms with Crippen LogP contribution in [0, 0.1) is 11.3 Å². The van der Waals surface area contributed by atoms with Crippen LogP contribution in [0.5, 0.6) is 5.75 Å². The minimum Gasteiger partial charge on any atom is -0.495 e. The zero-order valence-electron chi connectivity index (χ0n) is 15.7. The summed E-state index contributed by atoms with van der Waals surface area (Å²) < 4.78 is 33.4. The minimum absolute atomic E-state index is 0.0963. The van der Waals surface area contributed by atoms with Gasteiger partial charge in [0, 0.05) is 11.3 Å². The Morgan fingerprint density at radius 3 is 2.53 bits per heavy atom. The third kappa shape index (κ3) is 4.71. The second kappa shape index (κ2) is 8.86. The summed E-state index contributed by atoms with van der Waals surface area (Å²) in [6, 6.07) is 18.8. The number of hydrogen-bond acceptors (Lipinski definition) is 5. The van der Waals surface area contributed by atoms with E-state index in [4.69, 9.17) is 21.6 Å². The Balaban J connectivity index is 1.92. The van der Waals surface area contributed by atoms with E-state index in [0.29, 0.717) is 5.56 Å². The fourth-order valence-electron chi connectivity index (χ4n) is 2.64. The number of benzene rings is 3. The Kier molecular flexibility index (Phi) is 6.26. The highest BCUT2D eigenvalue weighted by Crippen LogP contribution is 2.31. The molecule has 0 spiro atoms. The maximum atomic E-state index is 12.9. The van der Waals surface area contributed by atoms with Crippen LogP contribution in [0.15, 0.2) is 71.6 Å². The van der Waals surface area contributed by atoms with Crippen LogP contribution in [-0.2, 0) is 10.0 Å².